The molecule has 1 heterocycles. The van der Waals surface area contributed by atoms with E-state index in [2.05, 4.69) is 5.32 Å². The summed E-state index contributed by atoms with van der Waals surface area (Å²) < 4.78 is 61.2. The number of carbonyl (C=O) groups is 1. The Kier molecular flexibility index (Phi) is 6.87. The van der Waals surface area contributed by atoms with Gasteiger partial charge in [0.25, 0.3) is 0 Å². The summed E-state index contributed by atoms with van der Waals surface area (Å²) in [4.78, 5) is 16.0. The first-order valence-corrected chi connectivity index (χ1v) is 11.1. The number of sulfonamides is 1. The minimum Gasteiger partial charge on any atom is -0.369 e. The molecule has 3 N–H and O–H groups in total. The number of anilines is 1. The number of piperazine rings is 1. The second kappa shape index (κ2) is 9.25. The van der Waals surface area contributed by atoms with E-state index in [0.717, 1.165) is 17.7 Å². The molecule has 3 rings (SSSR count). The van der Waals surface area contributed by atoms with Crippen molar-refractivity contribution in [1.29, 1.82) is 0 Å². The van der Waals surface area contributed by atoms with Crippen LogP contribution in [0.25, 0.3) is 0 Å². The van der Waals surface area contributed by atoms with Gasteiger partial charge in [-0.15, -0.1) is 0 Å². The van der Waals surface area contributed by atoms with Crippen LogP contribution in [0.15, 0.2) is 53.4 Å². The van der Waals surface area contributed by atoms with Crippen LogP contribution in [0.3, 0.4) is 0 Å². The van der Waals surface area contributed by atoms with Gasteiger partial charge in [-0.2, -0.15) is 13.2 Å². The van der Waals surface area contributed by atoms with Crippen LogP contribution in [-0.4, -0.2) is 51.9 Å². The third-order valence-electron chi connectivity index (χ3n) is 5.02. The molecule has 1 saturated heterocycles. The zero-order chi connectivity index (χ0) is 22.6. The molecule has 168 valence electrons. The first-order valence-electron chi connectivity index (χ1n) is 9.55. The molecule has 0 atom stereocenters. The molecule has 1 amide bonds. The van der Waals surface area contributed by atoms with E-state index in [0.29, 0.717) is 31.9 Å². The number of nitrogens with zero attached hydrogens (tertiary/aromatic N) is 2. The minimum absolute atomic E-state index is 0.00113. The topological polar surface area (TPSA) is 95.7 Å². The average molecular weight is 456 g/mol. The Bertz CT molecular complexity index is 1020. The van der Waals surface area contributed by atoms with Crippen molar-refractivity contribution in [3.63, 3.8) is 0 Å². The first-order chi connectivity index (χ1) is 14.5. The number of carbonyl (C=O) groups excluding carboxylic acids is 1. The highest BCUT2D eigenvalue weighted by Gasteiger charge is 2.31. The molecule has 1 fully saturated rings. The summed E-state index contributed by atoms with van der Waals surface area (Å²) in [6, 6.07) is 11.2. The zero-order valence-electron chi connectivity index (χ0n) is 16.6. The molecule has 31 heavy (non-hydrogen) atoms. The summed E-state index contributed by atoms with van der Waals surface area (Å²) in [5.41, 5.74) is 0.570. The average Bonchev–Trinajstić information content (AvgIpc) is 2.72. The molecular weight excluding hydrogens is 433 g/mol. The van der Waals surface area contributed by atoms with Crippen molar-refractivity contribution in [2.45, 2.75) is 17.6 Å². The van der Waals surface area contributed by atoms with E-state index in [4.69, 9.17) is 5.14 Å². The Morgan fingerprint density at radius 3 is 2.26 bits per heavy atom. The van der Waals surface area contributed by atoms with Gasteiger partial charge in [-0.25, -0.2) is 13.6 Å². The second-order valence-corrected chi connectivity index (χ2v) is 8.84. The molecule has 0 radical (unpaired) electrons. The molecule has 1 aliphatic heterocycles. The van der Waals surface area contributed by atoms with Crippen molar-refractivity contribution >= 4 is 21.6 Å². The summed E-state index contributed by atoms with van der Waals surface area (Å²) in [6.45, 7) is 2.55. The van der Waals surface area contributed by atoms with E-state index in [1.54, 1.807) is 18.2 Å². The molecule has 1 aliphatic rings. The fourth-order valence-electron chi connectivity index (χ4n) is 3.30. The van der Waals surface area contributed by atoms with Crippen molar-refractivity contribution in [2.75, 3.05) is 37.6 Å². The first kappa shape index (κ1) is 23.0. The van der Waals surface area contributed by atoms with Crippen molar-refractivity contribution in [2.24, 2.45) is 5.14 Å². The lowest BCUT2D eigenvalue weighted by Crippen LogP contribution is -2.49. The van der Waals surface area contributed by atoms with E-state index in [1.807, 2.05) is 9.80 Å². The van der Waals surface area contributed by atoms with Crippen LogP contribution in [0.1, 0.15) is 11.1 Å². The number of rotatable bonds is 6. The number of nitrogens with two attached hydrogens (primary N) is 1. The van der Waals surface area contributed by atoms with Gasteiger partial charge in [0, 0.05) is 38.4 Å². The predicted octanol–water partition coefficient (Wildman–Crippen LogP) is 1.79. The molecule has 0 aliphatic carbocycles. The summed E-state index contributed by atoms with van der Waals surface area (Å²) in [7, 11) is -3.76. The van der Waals surface area contributed by atoms with Gasteiger partial charge in [-0.3, -0.25) is 9.69 Å². The van der Waals surface area contributed by atoms with Crippen molar-refractivity contribution in [3.8, 4) is 0 Å². The van der Waals surface area contributed by atoms with E-state index in [1.165, 1.54) is 18.2 Å². The molecule has 2 aromatic carbocycles. The Hall–Kier alpha value is -2.63. The Labute approximate surface area is 178 Å². The van der Waals surface area contributed by atoms with E-state index < -0.39 is 21.8 Å². The van der Waals surface area contributed by atoms with E-state index >= 15 is 0 Å². The highest BCUT2D eigenvalue weighted by molar-refractivity contribution is 7.89. The van der Waals surface area contributed by atoms with Gasteiger partial charge < -0.3 is 10.2 Å². The number of amides is 1. The quantitative estimate of drug-likeness (QED) is 0.691. The number of halogens is 3. The lowest BCUT2D eigenvalue weighted by molar-refractivity contribution is -0.137. The normalized spacial score (nSPS) is 15.7. The van der Waals surface area contributed by atoms with Gasteiger partial charge in [-0.1, -0.05) is 18.2 Å². The molecule has 0 bridgehead atoms. The molecule has 11 heteroatoms. The number of primary sulfonamides is 1. The minimum atomic E-state index is -4.38. The molecular formula is C20H23F3N4O3S. The monoisotopic (exact) mass is 456 g/mol. The lowest BCUT2D eigenvalue weighted by Gasteiger charge is -2.36. The second-order valence-electron chi connectivity index (χ2n) is 7.28. The summed E-state index contributed by atoms with van der Waals surface area (Å²) >= 11 is 0. The number of benzene rings is 2. The maximum absolute atomic E-state index is 12.9. The van der Waals surface area contributed by atoms with Crippen LogP contribution in [0, 0.1) is 0 Å². The van der Waals surface area contributed by atoms with Crippen molar-refractivity contribution < 1.29 is 26.4 Å². The number of hydrogen-bond acceptors (Lipinski definition) is 5. The zero-order valence-corrected chi connectivity index (χ0v) is 17.4. The van der Waals surface area contributed by atoms with E-state index in [-0.39, 0.29) is 23.9 Å². The van der Waals surface area contributed by atoms with Gasteiger partial charge in [0.05, 0.1) is 17.0 Å². The van der Waals surface area contributed by atoms with Crippen LogP contribution in [0.2, 0.25) is 0 Å². The maximum Gasteiger partial charge on any atom is 0.416 e. The maximum atomic E-state index is 12.9. The van der Waals surface area contributed by atoms with Gasteiger partial charge in [-0.05, 0) is 35.9 Å². The van der Waals surface area contributed by atoms with E-state index in [9.17, 15) is 26.4 Å². The largest absolute Gasteiger partial charge is 0.416 e. The number of nitrogens with one attached hydrogen (secondary N) is 1. The van der Waals surface area contributed by atoms with Gasteiger partial charge >= 0.3 is 6.18 Å². The van der Waals surface area contributed by atoms with Crippen LogP contribution in [0.5, 0.6) is 0 Å². The molecule has 7 nitrogen and oxygen atoms in total. The Balaban J connectivity index is 1.46. The highest BCUT2D eigenvalue weighted by atomic mass is 32.2. The fraction of sp³-hybridized carbons (Fsp3) is 0.350. The lowest BCUT2D eigenvalue weighted by atomic mass is 10.1. The molecule has 0 unspecified atom stereocenters. The summed E-state index contributed by atoms with van der Waals surface area (Å²) in [5, 5.41) is 7.82. The fourth-order valence-corrected chi connectivity index (χ4v) is 3.82. The van der Waals surface area contributed by atoms with Crippen LogP contribution in [0.4, 0.5) is 18.9 Å². The molecule has 2 aromatic rings. The molecule has 0 aromatic heterocycles. The predicted molar refractivity (Wildman–Crippen MR) is 110 cm³/mol. The highest BCUT2D eigenvalue weighted by Crippen LogP contribution is 2.31. The third kappa shape index (κ3) is 6.42. The smallest absolute Gasteiger partial charge is 0.369 e. The Morgan fingerprint density at radius 1 is 1.03 bits per heavy atom. The van der Waals surface area contributed by atoms with Crippen LogP contribution >= 0.6 is 0 Å². The molecule has 0 saturated carbocycles. The summed E-state index contributed by atoms with van der Waals surface area (Å²) in [5.74, 6) is -0.192. The van der Waals surface area contributed by atoms with Gasteiger partial charge in [0.1, 0.15) is 0 Å². The SMILES string of the molecule is NS(=O)(=O)c1ccc(CNC(=O)CN2CCN(c3cccc(C(F)(F)F)c3)CC2)cc1. The standard InChI is InChI=1S/C20H23F3N4O3S/c21-20(22,23)16-2-1-3-17(12-16)27-10-8-26(9-11-27)14-19(28)25-13-15-4-6-18(7-5-15)31(24,29)30/h1-7,12H,8-11,13-14H2,(H,25,28)(H2,24,29,30). The number of alkyl halides is 3. The third-order valence-corrected chi connectivity index (χ3v) is 5.95. The summed E-state index contributed by atoms with van der Waals surface area (Å²) in [6.07, 6.45) is -4.38. The van der Waals surface area contributed by atoms with Crippen molar-refractivity contribution in [3.05, 3.63) is 59.7 Å². The van der Waals surface area contributed by atoms with Gasteiger partial charge in [0.15, 0.2) is 0 Å². The Morgan fingerprint density at radius 2 is 1.68 bits per heavy atom. The molecule has 0 spiro atoms. The van der Waals surface area contributed by atoms with Crippen LogP contribution in [-0.2, 0) is 27.5 Å². The van der Waals surface area contributed by atoms with Gasteiger partial charge in [0.2, 0.25) is 15.9 Å². The van der Waals surface area contributed by atoms with Crippen LogP contribution < -0.4 is 15.4 Å². The van der Waals surface area contributed by atoms with Crippen molar-refractivity contribution in [1.82, 2.24) is 10.2 Å². The number of hydrogen-bond donors (Lipinski definition) is 2.